The average Bonchev–Trinajstić information content (AvgIpc) is 3.16. The third kappa shape index (κ3) is 7.71. The Morgan fingerprint density at radius 1 is 0.490 bits per heavy atom. The maximum atomic E-state index is 14.1. The van der Waals surface area contributed by atoms with Crippen LogP contribution < -0.4 is 20.1 Å². The number of para-hydroxylation sites is 2. The molecule has 0 aliphatic rings. The zero-order valence-corrected chi connectivity index (χ0v) is 29.3. The van der Waals surface area contributed by atoms with E-state index < -0.39 is 17.3 Å². The van der Waals surface area contributed by atoms with Crippen molar-refractivity contribution in [3.63, 3.8) is 0 Å². The van der Waals surface area contributed by atoms with Crippen LogP contribution in [0.3, 0.4) is 0 Å². The summed E-state index contributed by atoms with van der Waals surface area (Å²) < 4.78 is 11.8. The van der Waals surface area contributed by atoms with Crippen molar-refractivity contribution in [2.24, 2.45) is 0 Å². The summed E-state index contributed by atoms with van der Waals surface area (Å²) in [6.45, 7) is 4.29. The number of hydrogen-bond acceptors (Lipinski definition) is 4. The summed E-state index contributed by atoms with van der Waals surface area (Å²) in [6, 6.07) is 50.5. The van der Waals surface area contributed by atoms with E-state index in [2.05, 4.69) is 36.6 Å². The van der Waals surface area contributed by atoms with Crippen molar-refractivity contribution >= 4 is 23.2 Å². The van der Waals surface area contributed by atoms with Gasteiger partial charge in [0.15, 0.2) is 0 Å². The number of carbonyl (C=O) groups is 2. The van der Waals surface area contributed by atoms with E-state index in [0.717, 1.165) is 33.4 Å². The van der Waals surface area contributed by atoms with Crippen LogP contribution in [0.15, 0.2) is 158 Å². The van der Waals surface area contributed by atoms with Crippen LogP contribution in [0.25, 0.3) is 0 Å². The molecule has 0 aromatic heterocycles. The number of hydrogen-bond donors (Lipinski definition) is 2. The van der Waals surface area contributed by atoms with Gasteiger partial charge in [0.1, 0.15) is 11.5 Å². The molecular weight excluding hydrogens is 633 g/mol. The molecule has 2 atom stereocenters. The molecule has 0 aliphatic carbocycles. The maximum absolute atomic E-state index is 14.1. The Morgan fingerprint density at radius 3 is 1.16 bits per heavy atom. The van der Waals surface area contributed by atoms with Crippen molar-refractivity contribution in [1.82, 2.24) is 0 Å². The van der Waals surface area contributed by atoms with Crippen LogP contribution in [0.4, 0.5) is 11.4 Å². The third-order valence-corrected chi connectivity index (χ3v) is 9.40. The Hall–Kier alpha value is -6.14. The van der Waals surface area contributed by atoms with Gasteiger partial charge in [0.05, 0.1) is 26.1 Å². The Labute approximate surface area is 300 Å². The number of benzene rings is 6. The molecule has 6 aromatic carbocycles. The smallest absolute Gasteiger partial charge is 0.236 e. The van der Waals surface area contributed by atoms with Gasteiger partial charge in [-0.05, 0) is 58.7 Å². The van der Waals surface area contributed by atoms with Gasteiger partial charge in [-0.15, -0.1) is 0 Å². The minimum atomic E-state index is -0.646. The van der Waals surface area contributed by atoms with Crippen molar-refractivity contribution in [2.75, 3.05) is 24.9 Å². The van der Waals surface area contributed by atoms with Gasteiger partial charge in [-0.1, -0.05) is 135 Å². The second-order valence-electron chi connectivity index (χ2n) is 12.9. The van der Waals surface area contributed by atoms with Crippen molar-refractivity contribution in [3.8, 4) is 11.5 Å². The minimum absolute atomic E-state index is 0.164. The van der Waals surface area contributed by atoms with Gasteiger partial charge in [0.2, 0.25) is 11.8 Å². The second-order valence-corrected chi connectivity index (χ2v) is 12.9. The van der Waals surface area contributed by atoms with Gasteiger partial charge in [-0.2, -0.15) is 0 Å². The Kier molecular flexibility index (Phi) is 10.6. The highest BCUT2D eigenvalue weighted by molar-refractivity contribution is 5.99. The second kappa shape index (κ2) is 15.6. The highest BCUT2D eigenvalue weighted by atomic mass is 16.5. The van der Waals surface area contributed by atoms with Crippen LogP contribution >= 0.6 is 0 Å². The molecule has 0 saturated carbocycles. The molecule has 256 valence electrons. The lowest BCUT2D eigenvalue weighted by atomic mass is 9.75. The molecule has 51 heavy (non-hydrogen) atoms. The zero-order chi connectivity index (χ0) is 35.8. The summed E-state index contributed by atoms with van der Waals surface area (Å²) in [5.74, 6) is -0.391. The molecule has 6 nitrogen and oxygen atoms in total. The number of nitrogens with one attached hydrogen (secondary N) is 2. The molecule has 6 aromatic rings. The van der Waals surface area contributed by atoms with Crippen molar-refractivity contribution in [3.05, 3.63) is 191 Å². The first-order chi connectivity index (χ1) is 24.8. The van der Waals surface area contributed by atoms with Crippen LogP contribution in [0.5, 0.6) is 11.5 Å². The summed E-state index contributed by atoms with van der Waals surface area (Å²) in [7, 11) is 3.25. The lowest BCUT2D eigenvalue weighted by Crippen LogP contribution is -2.25. The third-order valence-electron chi connectivity index (χ3n) is 9.40. The quantitative estimate of drug-likeness (QED) is 0.136. The largest absolute Gasteiger partial charge is 0.496 e. The van der Waals surface area contributed by atoms with E-state index in [-0.39, 0.29) is 11.8 Å². The Bertz CT molecular complexity index is 1930. The summed E-state index contributed by atoms with van der Waals surface area (Å²) in [5.41, 5.74) is 6.03. The van der Waals surface area contributed by atoms with E-state index >= 15 is 0 Å². The van der Waals surface area contributed by atoms with E-state index in [1.165, 1.54) is 0 Å². The monoisotopic (exact) mass is 674 g/mol. The maximum Gasteiger partial charge on any atom is 0.236 e. The highest BCUT2D eigenvalue weighted by Gasteiger charge is 2.32. The van der Waals surface area contributed by atoms with Crippen LogP contribution in [-0.2, 0) is 15.0 Å². The number of rotatable bonds is 12. The van der Waals surface area contributed by atoms with Gasteiger partial charge < -0.3 is 20.1 Å². The normalized spacial score (nSPS) is 12.3. The highest BCUT2D eigenvalue weighted by Crippen LogP contribution is 2.42. The van der Waals surface area contributed by atoms with E-state index in [1.54, 1.807) is 14.2 Å². The summed E-state index contributed by atoms with van der Waals surface area (Å²) >= 11 is 0. The lowest BCUT2D eigenvalue weighted by molar-refractivity contribution is -0.117. The molecule has 0 saturated heterocycles. The molecular formula is C45H42N2O4. The molecule has 6 heteroatoms. The standard InChI is InChI=1S/C45H42N2O4/c1-45(2,33-25-27-39(50-3)37(29-33)41(31-17-9-5-10-18-31)43(48)46-35-21-13-7-14-22-35)34-26-28-40(51-4)38(30-34)42(32-19-11-6-12-20-32)44(49)47-36-23-15-8-16-24-36/h5-30,41-42H,1-4H3,(H,46,48)(H,47,49). The fourth-order valence-electron chi connectivity index (χ4n) is 6.57. The predicted octanol–water partition coefficient (Wildman–Crippen LogP) is 9.57. The van der Waals surface area contributed by atoms with Crippen molar-refractivity contribution < 1.29 is 19.1 Å². The molecule has 0 spiro atoms. The summed E-state index contributed by atoms with van der Waals surface area (Å²) in [4.78, 5) is 28.2. The van der Waals surface area contributed by atoms with Gasteiger partial charge in [0, 0.05) is 27.9 Å². The van der Waals surface area contributed by atoms with Crippen LogP contribution in [-0.4, -0.2) is 26.0 Å². The molecule has 2 N–H and O–H groups in total. The van der Waals surface area contributed by atoms with E-state index in [0.29, 0.717) is 22.9 Å². The van der Waals surface area contributed by atoms with E-state index in [4.69, 9.17) is 9.47 Å². The van der Waals surface area contributed by atoms with Crippen LogP contribution in [0.2, 0.25) is 0 Å². The fourth-order valence-corrected chi connectivity index (χ4v) is 6.57. The van der Waals surface area contributed by atoms with E-state index in [1.807, 2.05) is 146 Å². The molecule has 2 amide bonds. The van der Waals surface area contributed by atoms with Crippen LogP contribution in [0.1, 0.15) is 59.1 Å². The Morgan fingerprint density at radius 2 is 0.824 bits per heavy atom. The molecule has 0 aliphatic heterocycles. The Balaban J connectivity index is 1.44. The molecule has 6 rings (SSSR count). The SMILES string of the molecule is COc1ccc(C(C)(C)c2ccc(OC)c(C(C(=O)Nc3ccccc3)c3ccccc3)c2)cc1C(C(=O)Nc1ccccc1)c1ccccc1. The van der Waals surface area contributed by atoms with Gasteiger partial charge in [0.25, 0.3) is 0 Å². The molecule has 0 radical (unpaired) electrons. The number of anilines is 2. The van der Waals surface area contributed by atoms with Gasteiger partial charge >= 0.3 is 0 Å². The summed E-state index contributed by atoms with van der Waals surface area (Å²) in [6.07, 6.45) is 0. The molecule has 2 unspecified atom stereocenters. The topological polar surface area (TPSA) is 76.7 Å². The first kappa shape index (κ1) is 34.7. The number of carbonyl (C=O) groups excluding carboxylic acids is 2. The van der Waals surface area contributed by atoms with Crippen molar-refractivity contribution in [2.45, 2.75) is 31.1 Å². The number of methoxy groups -OCH3 is 2. The van der Waals surface area contributed by atoms with Crippen LogP contribution in [0, 0.1) is 0 Å². The van der Waals surface area contributed by atoms with E-state index in [9.17, 15) is 9.59 Å². The molecule has 0 bridgehead atoms. The zero-order valence-electron chi connectivity index (χ0n) is 29.3. The van der Waals surface area contributed by atoms with Gasteiger partial charge in [-0.3, -0.25) is 9.59 Å². The first-order valence-electron chi connectivity index (χ1n) is 17.0. The minimum Gasteiger partial charge on any atom is -0.496 e. The van der Waals surface area contributed by atoms with Gasteiger partial charge in [-0.25, -0.2) is 0 Å². The molecule has 0 fully saturated rings. The predicted molar refractivity (Wildman–Crippen MR) is 205 cm³/mol. The van der Waals surface area contributed by atoms with Crippen molar-refractivity contribution in [1.29, 1.82) is 0 Å². The first-order valence-corrected chi connectivity index (χ1v) is 17.0. The molecule has 0 heterocycles. The fraction of sp³-hybridized carbons (Fsp3) is 0.156. The average molecular weight is 675 g/mol. The number of amides is 2. The lowest BCUT2D eigenvalue weighted by Gasteiger charge is -2.30. The number of ether oxygens (including phenoxy) is 2. The summed E-state index contributed by atoms with van der Waals surface area (Å²) in [5, 5.41) is 6.22.